The van der Waals surface area contributed by atoms with Crippen molar-refractivity contribution in [3.05, 3.63) is 76.6 Å². The summed E-state index contributed by atoms with van der Waals surface area (Å²) in [7, 11) is 0. The van der Waals surface area contributed by atoms with Crippen LogP contribution in [0.25, 0.3) is 5.69 Å². The van der Waals surface area contributed by atoms with Gasteiger partial charge in [-0.15, -0.1) is 0 Å². The summed E-state index contributed by atoms with van der Waals surface area (Å²) >= 11 is 5.26. The molecular formula is C19H18FN3OS. The molecule has 25 heavy (non-hydrogen) atoms. The van der Waals surface area contributed by atoms with Gasteiger partial charge in [-0.3, -0.25) is 9.36 Å². The second-order valence-corrected chi connectivity index (χ2v) is 6.41. The number of hydrogen-bond donors (Lipinski definition) is 2. The van der Waals surface area contributed by atoms with Gasteiger partial charge < -0.3 is 10.3 Å². The number of aromatic amines is 1. The van der Waals surface area contributed by atoms with Crippen molar-refractivity contribution < 1.29 is 9.18 Å². The third-order valence-corrected chi connectivity index (χ3v) is 4.21. The molecule has 128 valence electrons. The van der Waals surface area contributed by atoms with E-state index in [1.54, 1.807) is 22.9 Å². The molecule has 0 aliphatic carbocycles. The number of H-pyrrole nitrogens is 1. The Balaban J connectivity index is 1.92. The van der Waals surface area contributed by atoms with E-state index in [-0.39, 0.29) is 11.7 Å². The molecule has 3 aromatic rings. The largest absolute Gasteiger partial charge is 0.336 e. The summed E-state index contributed by atoms with van der Waals surface area (Å²) in [6, 6.07) is 13.5. The van der Waals surface area contributed by atoms with Gasteiger partial charge in [0.2, 0.25) is 0 Å². The third kappa shape index (κ3) is 3.69. The van der Waals surface area contributed by atoms with E-state index in [1.807, 2.05) is 24.3 Å². The van der Waals surface area contributed by atoms with Gasteiger partial charge in [0.1, 0.15) is 11.5 Å². The van der Waals surface area contributed by atoms with Crippen molar-refractivity contribution in [2.75, 3.05) is 5.32 Å². The van der Waals surface area contributed by atoms with E-state index in [4.69, 9.17) is 12.2 Å². The number of amides is 1. The summed E-state index contributed by atoms with van der Waals surface area (Å²) in [6.07, 6.45) is 1.55. The standard InChI is InChI=1S/C19H18FN3OS/c1-12(2)13-4-3-5-15(10-13)22-18(24)17-11-21-19(25)23(17)16-8-6-14(20)7-9-16/h3-12H,1-2H3,(H,21,25)(H,22,24). The van der Waals surface area contributed by atoms with Crippen LogP contribution in [0.2, 0.25) is 0 Å². The summed E-state index contributed by atoms with van der Waals surface area (Å²) < 4.78 is 15.1. The summed E-state index contributed by atoms with van der Waals surface area (Å²) in [5, 5.41) is 2.89. The SMILES string of the molecule is CC(C)c1cccc(NC(=O)c2c[nH]c(=S)n2-c2ccc(F)cc2)c1. The molecule has 0 bridgehead atoms. The van der Waals surface area contributed by atoms with Crippen molar-refractivity contribution in [2.24, 2.45) is 0 Å². The van der Waals surface area contributed by atoms with E-state index < -0.39 is 0 Å². The fourth-order valence-electron chi connectivity index (χ4n) is 2.55. The van der Waals surface area contributed by atoms with Gasteiger partial charge in [-0.1, -0.05) is 26.0 Å². The smallest absolute Gasteiger partial charge is 0.274 e. The van der Waals surface area contributed by atoms with Crippen molar-refractivity contribution in [1.29, 1.82) is 0 Å². The van der Waals surface area contributed by atoms with Gasteiger partial charge in [-0.25, -0.2) is 4.39 Å². The average molecular weight is 355 g/mol. The molecule has 0 aliphatic rings. The maximum Gasteiger partial charge on any atom is 0.274 e. The third-order valence-electron chi connectivity index (χ3n) is 3.90. The first kappa shape index (κ1) is 17.1. The minimum Gasteiger partial charge on any atom is -0.336 e. The summed E-state index contributed by atoms with van der Waals surface area (Å²) in [5.74, 6) is -0.271. The predicted molar refractivity (Wildman–Crippen MR) is 99.4 cm³/mol. The molecule has 2 N–H and O–H groups in total. The summed E-state index contributed by atoms with van der Waals surface area (Å²) in [5.41, 5.74) is 2.83. The molecular weight excluding hydrogens is 337 g/mol. The Hall–Kier alpha value is -2.73. The van der Waals surface area contributed by atoms with Crippen molar-refractivity contribution in [2.45, 2.75) is 19.8 Å². The summed E-state index contributed by atoms with van der Waals surface area (Å²) in [6.45, 7) is 4.19. The number of carbonyl (C=O) groups is 1. The lowest BCUT2D eigenvalue weighted by Gasteiger charge is -2.11. The van der Waals surface area contributed by atoms with E-state index in [2.05, 4.69) is 24.1 Å². The van der Waals surface area contributed by atoms with Crippen LogP contribution in [-0.4, -0.2) is 15.5 Å². The summed E-state index contributed by atoms with van der Waals surface area (Å²) in [4.78, 5) is 15.6. The number of nitrogens with zero attached hydrogens (tertiary/aromatic N) is 1. The Labute approximate surface area is 150 Å². The van der Waals surface area contributed by atoms with E-state index in [1.165, 1.54) is 12.1 Å². The first-order valence-electron chi connectivity index (χ1n) is 7.93. The lowest BCUT2D eigenvalue weighted by molar-refractivity contribution is 0.102. The Morgan fingerprint density at radius 3 is 2.60 bits per heavy atom. The van der Waals surface area contributed by atoms with Crippen LogP contribution in [0.3, 0.4) is 0 Å². The number of aromatic nitrogens is 2. The Kier molecular flexibility index (Phi) is 4.81. The van der Waals surface area contributed by atoms with Gasteiger partial charge in [0, 0.05) is 17.6 Å². The van der Waals surface area contributed by atoms with Crippen molar-refractivity contribution in [3.8, 4) is 5.69 Å². The van der Waals surface area contributed by atoms with Crippen LogP contribution in [0.4, 0.5) is 10.1 Å². The lowest BCUT2D eigenvalue weighted by atomic mass is 10.0. The number of nitrogens with one attached hydrogen (secondary N) is 2. The van der Waals surface area contributed by atoms with Gasteiger partial charge in [-0.2, -0.15) is 0 Å². The van der Waals surface area contributed by atoms with E-state index in [0.717, 1.165) is 5.56 Å². The number of benzene rings is 2. The fourth-order valence-corrected chi connectivity index (χ4v) is 2.82. The average Bonchev–Trinajstić information content (AvgIpc) is 2.97. The molecule has 4 nitrogen and oxygen atoms in total. The molecule has 0 radical (unpaired) electrons. The quantitative estimate of drug-likeness (QED) is 0.644. The Bertz CT molecular complexity index is 957. The lowest BCUT2D eigenvalue weighted by Crippen LogP contribution is -2.16. The number of carbonyl (C=O) groups excluding carboxylic acids is 1. The molecule has 2 aromatic carbocycles. The topological polar surface area (TPSA) is 49.8 Å². The number of anilines is 1. The van der Waals surface area contributed by atoms with Crippen LogP contribution in [0, 0.1) is 10.6 Å². The number of imidazole rings is 1. The molecule has 0 atom stereocenters. The van der Waals surface area contributed by atoms with Crippen LogP contribution in [0.1, 0.15) is 35.8 Å². The molecule has 3 rings (SSSR count). The van der Waals surface area contributed by atoms with Gasteiger partial charge in [0.25, 0.3) is 5.91 Å². The van der Waals surface area contributed by atoms with Gasteiger partial charge >= 0.3 is 0 Å². The second kappa shape index (κ2) is 7.03. The zero-order valence-electron chi connectivity index (χ0n) is 13.9. The van der Waals surface area contributed by atoms with Crippen LogP contribution in [-0.2, 0) is 0 Å². The molecule has 0 aliphatic heterocycles. The monoisotopic (exact) mass is 355 g/mol. The minimum absolute atomic E-state index is 0.294. The molecule has 0 saturated carbocycles. The van der Waals surface area contributed by atoms with Crippen LogP contribution in [0.5, 0.6) is 0 Å². The van der Waals surface area contributed by atoms with Crippen LogP contribution in [0.15, 0.2) is 54.7 Å². The Morgan fingerprint density at radius 1 is 1.20 bits per heavy atom. The maximum atomic E-state index is 13.2. The zero-order valence-corrected chi connectivity index (χ0v) is 14.7. The fraction of sp³-hybridized carbons (Fsp3) is 0.158. The van der Waals surface area contributed by atoms with E-state index in [9.17, 15) is 9.18 Å². The zero-order chi connectivity index (χ0) is 18.0. The van der Waals surface area contributed by atoms with Crippen molar-refractivity contribution in [1.82, 2.24) is 9.55 Å². The predicted octanol–water partition coefficient (Wildman–Crippen LogP) is 5.05. The van der Waals surface area contributed by atoms with Gasteiger partial charge in [0.05, 0.1) is 0 Å². The molecule has 0 saturated heterocycles. The molecule has 1 heterocycles. The number of halogens is 1. The molecule has 1 amide bonds. The number of rotatable bonds is 4. The van der Waals surface area contributed by atoms with Crippen LogP contribution >= 0.6 is 12.2 Å². The molecule has 1 aromatic heterocycles. The highest BCUT2D eigenvalue weighted by atomic mass is 32.1. The highest BCUT2D eigenvalue weighted by Gasteiger charge is 2.15. The normalized spacial score (nSPS) is 10.9. The van der Waals surface area contributed by atoms with Crippen molar-refractivity contribution >= 4 is 23.8 Å². The maximum absolute atomic E-state index is 13.2. The highest BCUT2D eigenvalue weighted by molar-refractivity contribution is 7.71. The molecule has 0 spiro atoms. The van der Waals surface area contributed by atoms with E-state index in [0.29, 0.717) is 27.8 Å². The second-order valence-electron chi connectivity index (χ2n) is 6.03. The van der Waals surface area contributed by atoms with E-state index >= 15 is 0 Å². The van der Waals surface area contributed by atoms with Gasteiger partial charge in [-0.05, 0) is 60.1 Å². The molecule has 6 heteroatoms. The Morgan fingerprint density at radius 2 is 1.92 bits per heavy atom. The highest BCUT2D eigenvalue weighted by Crippen LogP contribution is 2.20. The molecule has 0 unspecified atom stereocenters. The van der Waals surface area contributed by atoms with Crippen LogP contribution < -0.4 is 5.32 Å². The number of hydrogen-bond acceptors (Lipinski definition) is 2. The first-order valence-corrected chi connectivity index (χ1v) is 8.34. The minimum atomic E-state index is -0.345. The molecule has 0 fully saturated rings. The van der Waals surface area contributed by atoms with Crippen molar-refractivity contribution in [3.63, 3.8) is 0 Å². The van der Waals surface area contributed by atoms with Gasteiger partial charge in [0.15, 0.2) is 4.77 Å². The first-order chi connectivity index (χ1) is 12.0.